The van der Waals surface area contributed by atoms with Gasteiger partial charge in [-0.3, -0.25) is 0 Å². The molecule has 1 atom stereocenters. The Morgan fingerprint density at radius 2 is 2.06 bits per heavy atom. The second kappa shape index (κ2) is 5.27. The Bertz CT molecular complexity index is 463. The Balaban J connectivity index is 3.15. The maximum Gasteiger partial charge on any atom is 0.405 e. The maximum atomic E-state index is 12.3. The molecule has 0 saturated heterocycles. The van der Waals surface area contributed by atoms with Crippen LogP contribution in [0.2, 0.25) is 0 Å². The van der Waals surface area contributed by atoms with E-state index >= 15 is 0 Å². The van der Waals surface area contributed by atoms with Crippen LogP contribution in [0.15, 0.2) is 18.2 Å². The summed E-state index contributed by atoms with van der Waals surface area (Å²) in [6.07, 6.45) is -5.24. The number of alkyl halides is 3. The number of nitriles is 1. The normalized spacial score (nSPS) is 12.9. The highest BCUT2D eigenvalue weighted by Crippen LogP contribution is 2.29. The summed E-state index contributed by atoms with van der Waals surface area (Å²) in [5.74, 6) is 0. The molecule has 0 spiro atoms. The number of aliphatic hydroxyl groups excluding tert-OH is 1. The van der Waals surface area contributed by atoms with Crippen LogP contribution in [0, 0.1) is 11.3 Å². The minimum atomic E-state index is -4.34. The molecule has 3 nitrogen and oxygen atoms in total. The van der Waals surface area contributed by atoms with Gasteiger partial charge in [0.25, 0.3) is 0 Å². The van der Waals surface area contributed by atoms with E-state index in [-0.39, 0.29) is 11.3 Å². The fourth-order valence-corrected chi connectivity index (χ4v) is 1.65. The standard InChI is InChI=1S/C12H13F3N2O/c1-8(18)10-4-3-9(6-16)5-11(10)17(2)7-12(13,14)15/h3-5,8,18H,7H2,1-2H3/t8-/m0/s1. The largest absolute Gasteiger partial charge is 0.405 e. The molecule has 0 aliphatic carbocycles. The molecule has 0 unspecified atom stereocenters. The molecule has 0 aromatic heterocycles. The molecule has 0 amide bonds. The minimum Gasteiger partial charge on any atom is -0.389 e. The summed E-state index contributed by atoms with van der Waals surface area (Å²) in [6.45, 7) is 0.327. The molecular weight excluding hydrogens is 245 g/mol. The molecule has 1 rings (SSSR count). The molecule has 0 saturated carbocycles. The summed E-state index contributed by atoms with van der Waals surface area (Å²) in [6, 6.07) is 6.13. The van der Waals surface area contributed by atoms with E-state index in [2.05, 4.69) is 0 Å². The monoisotopic (exact) mass is 258 g/mol. The number of benzene rings is 1. The molecule has 98 valence electrons. The highest BCUT2D eigenvalue weighted by molar-refractivity contribution is 5.58. The number of anilines is 1. The van der Waals surface area contributed by atoms with Gasteiger partial charge in [0.2, 0.25) is 0 Å². The van der Waals surface area contributed by atoms with E-state index in [1.54, 1.807) is 0 Å². The van der Waals surface area contributed by atoms with Gasteiger partial charge in [-0.05, 0) is 19.1 Å². The lowest BCUT2D eigenvalue weighted by Crippen LogP contribution is -2.31. The van der Waals surface area contributed by atoms with Crippen LogP contribution < -0.4 is 4.90 Å². The van der Waals surface area contributed by atoms with Gasteiger partial charge in [0.15, 0.2) is 0 Å². The zero-order valence-electron chi connectivity index (χ0n) is 9.99. The molecule has 1 aromatic carbocycles. The van der Waals surface area contributed by atoms with Crippen molar-refractivity contribution in [2.24, 2.45) is 0 Å². The van der Waals surface area contributed by atoms with E-state index in [0.717, 1.165) is 4.90 Å². The Labute approximate surface area is 103 Å². The second-order valence-corrected chi connectivity index (χ2v) is 4.03. The van der Waals surface area contributed by atoms with Gasteiger partial charge in [-0.2, -0.15) is 18.4 Å². The van der Waals surface area contributed by atoms with Crippen molar-refractivity contribution in [1.29, 1.82) is 5.26 Å². The second-order valence-electron chi connectivity index (χ2n) is 4.03. The van der Waals surface area contributed by atoms with E-state index in [1.807, 2.05) is 6.07 Å². The van der Waals surface area contributed by atoms with E-state index in [1.165, 1.54) is 32.2 Å². The SMILES string of the molecule is C[C@H](O)c1ccc(C#N)cc1N(C)CC(F)(F)F. The van der Waals surface area contributed by atoms with Gasteiger partial charge in [0.1, 0.15) is 6.54 Å². The molecule has 0 fully saturated rings. The van der Waals surface area contributed by atoms with Gasteiger partial charge in [0, 0.05) is 18.3 Å². The van der Waals surface area contributed by atoms with Crippen molar-refractivity contribution in [3.63, 3.8) is 0 Å². The lowest BCUT2D eigenvalue weighted by Gasteiger charge is -2.24. The summed E-state index contributed by atoms with van der Waals surface area (Å²) >= 11 is 0. The predicted molar refractivity (Wildman–Crippen MR) is 61.1 cm³/mol. The van der Waals surface area contributed by atoms with Gasteiger partial charge in [-0.1, -0.05) is 6.07 Å². The fourth-order valence-electron chi connectivity index (χ4n) is 1.65. The van der Waals surface area contributed by atoms with Crippen LogP contribution in [0.5, 0.6) is 0 Å². The maximum absolute atomic E-state index is 12.3. The Morgan fingerprint density at radius 3 is 2.50 bits per heavy atom. The van der Waals surface area contributed by atoms with Gasteiger partial charge < -0.3 is 10.0 Å². The van der Waals surface area contributed by atoms with Crippen LogP contribution in [0.25, 0.3) is 0 Å². The molecular formula is C12H13F3N2O. The van der Waals surface area contributed by atoms with Crippen molar-refractivity contribution >= 4 is 5.69 Å². The Morgan fingerprint density at radius 1 is 1.44 bits per heavy atom. The molecule has 0 radical (unpaired) electrons. The quantitative estimate of drug-likeness (QED) is 0.906. The smallest absolute Gasteiger partial charge is 0.389 e. The Hall–Kier alpha value is -1.74. The van der Waals surface area contributed by atoms with Gasteiger partial charge in [-0.15, -0.1) is 0 Å². The molecule has 0 heterocycles. The third-order valence-electron chi connectivity index (χ3n) is 2.44. The van der Waals surface area contributed by atoms with Crippen molar-refractivity contribution < 1.29 is 18.3 Å². The summed E-state index contributed by atoms with van der Waals surface area (Å²) in [4.78, 5) is 0.975. The van der Waals surface area contributed by atoms with Crippen LogP contribution in [0.3, 0.4) is 0 Å². The van der Waals surface area contributed by atoms with Gasteiger partial charge in [0.05, 0.1) is 17.7 Å². The number of rotatable bonds is 3. The van der Waals surface area contributed by atoms with E-state index < -0.39 is 18.8 Å². The average Bonchev–Trinajstić information content (AvgIpc) is 2.25. The zero-order chi connectivity index (χ0) is 13.9. The first-order valence-electron chi connectivity index (χ1n) is 5.24. The number of hydrogen-bond donors (Lipinski definition) is 1. The number of halogens is 3. The van der Waals surface area contributed by atoms with Crippen molar-refractivity contribution in [3.8, 4) is 6.07 Å². The van der Waals surface area contributed by atoms with Crippen molar-refractivity contribution in [3.05, 3.63) is 29.3 Å². The average molecular weight is 258 g/mol. The third kappa shape index (κ3) is 3.64. The van der Waals surface area contributed by atoms with Gasteiger partial charge in [-0.25, -0.2) is 0 Å². The van der Waals surface area contributed by atoms with Crippen molar-refractivity contribution in [1.82, 2.24) is 0 Å². The number of nitrogens with zero attached hydrogens (tertiary/aromatic N) is 2. The Kier molecular flexibility index (Phi) is 4.19. The van der Waals surface area contributed by atoms with Crippen molar-refractivity contribution in [2.75, 3.05) is 18.5 Å². The number of aliphatic hydroxyl groups is 1. The lowest BCUT2D eigenvalue weighted by atomic mass is 10.0. The molecule has 1 aromatic rings. The van der Waals surface area contributed by atoms with Crippen LogP contribution in [0.4, 0.5) is 18.9 Å². The first-order chi connectivity index (χ1) is 8.24. The zero-order valence-corrected chi connectivity index (χ0v) is 9.99. The number of hydrogen-bond acceptors (Lipinski definition) is 3. The molecule has 0 bridgehead atoms. The topological polar surface area (TPSA) is 47.3 Å². The fraction of sp³-hybridized carbons (Fsp3) is 0.417. The van der Waals surface area contributed by atoms with Crippen LogP contribution in [-0.2, 0) is 0 Å². The minimum absolute atomic E-state index is 0.210. The molecule has 18 heavy (non-hydrogen) atoms. The van der Waals surface area contributed by atoms with Crippen molar-refractivity contribution in [2.45, 2.75) is 19.2 Å². The third-order valence-corrected chi connectivity index (χ3v) is 2.44. The highest BCUT2D eigenvalue weighted by atomic mass is 19.4. The van der Waals surface area contributed by atoms with Crippen LogP contribution in [0.1, 0.15) is 24.2 Å². The summed E-state index contributed by atoms with van der Waals surface area (Å²) < 4.78 is 37.0. The molecule has 0 aliphatic rings. The predicted octanol–water partition coefficient (Wildman–Crippen LogP) is 2.61. The van der Waals surface area contributed by atoms with Crippen LogP contribution >= 0.6 is 0 Å². The molecule has 6 heteroatoms. The highest BCUT2D eigenvalue weighted by Gasteiger charge is 2.30. The first kappa shape index (κ1) is 14.3. The summed E-state index contributed by atoms with van der Waals surface area (Å²) in [7, 11) is 1.27. The van der Waals surface area contributed by atoms with E-state index in [0.29, 0.717) is 5.56 Å². The lowest BCUT2D eigenvalue weighted by molar-refractivity contribution is -0.119. The summed E-state index contributed by atoms with van der Waals surface area (Å²) in [5, 5.41) is 18.3. The van der Waals surface area contributed by atoms with E-state index in [4.69, 9.17) is 5.26 Å². The summed E-state index contributed by atoms with van der Waals surface area (Å²) in [5.41, 5.74) is 0.825. The molecule has 1 N–H and O–H groups in total. The van der Waals surface area contributed by atoms with Crippen LogP contribution in [-0.4, -0.2) is 24.9 Å². The molecule has 0 aliphatic heterocycles. The first-order valence-corrected chi connectivity index (χ1v) is 5.24. The van der Waals surface area contributed by atoms with E-state index in [9.17, 15) is 18.3 Å². The van der Waals surface area contributed by atoms with Gasteiger partial charge >= 0.3 is 6.18 Å².